The maximum absolute atomic E-state index is 15.3. The second-order valence-corrected chi connectivity index (χ2v) is 25.2. The number of nitrogens with one attached hydrogen (secondary N) is 3. The lowest BCUT2D eigenvalue weighted by atomic mass is 9.93. The van der Waals surface area contributed by atoms with Crippen molar-refractivity contribution >= 4 is 65.0 Å². The van der Waals surface area contributed by atoms with Crippen molar-refractivity contribution < 1.29 is 62.6 Å². The number of aliphatic hydroxyl groups excluding tert-OH is 1. The van der Waals surface area contributed by atoms with Crippen molar-refractivity contribution in [2.75, 3.05) is 82.1 Å². The molecule has 2 fully saturated rings. The van der Waals surface area contributed by atoms with Crippen molar-refractivity contribution in [2.45, 2.75) is 188 Å². The number of likely N-dealkylation sites (tertiary alicyclic amines) is 1. The molecule has 478 valence electrons. The number of ether oxygens (including phenoxy) is 1. The Balaban J connectivity index is 2.30. The molecule has 3 rings (SSSR count). The zero-order chi connectivity index (χ0) is 64.5. The maximum atomic E-state index is 15.3. The van der Waals surface area contributed by atoms with E-state index in [1.807, 2.05) is 34.6 Å². The van der Waals surface area contributed by atoms with Crippen LogP contribution in [0.5, 0.6) is 0 Å². The third kappa shape index (κ3) is 20.8. The minimum atomic E-state index is -1.66. The summed E-state index contributed by atoms with van der Waals surface area (Å²) in [7, 11) is 9.69. The fraction of sp³-hybridized carbons (Fsp3) is 0.721. The minimum Gasteiger partial charge on any atom is -0.391 e. The van der Waals surface area contributed by atoms with Crippen molar-refractivity contribution in [3.05, 3.63) is 35.9 Å². The summed E-state index contributed by atoms with van der Waals surface area (Å²) in [6.07, 6.45) is 0.691. The average Bonchev–Trinajstić information content (AvgIpc) is 2.24. The highest BCUT2D eigenvalue weighted by atomic mass is 16.5. The summed E-state index contributed by atoms with van der Waals surface area (Å²) in [4.78, 5) is 170. The zero-order valence-electron chi connectivity index (χ0n) is 53.9. The smallest absolute Gasteiger partial charge is 0.248 e. The van der Waals surface area contributed by atoms with E-state index >= 15 is 9.59 Å². The molecule has 11 amide bonds. The third-order valence-corrected chi connectivity index (χ3v) is 16.1. The van der Waals surface area contributed by atoms with E-state index in [0.29, 0.717) is 37.9 Å². The Labute approximate surface area is 504 Å². The summed E-state index contributed by atoms with van der Waals surface area (Å²) in [6.45, 7) is 18.2. The second kappa shape index (κ2) is 32.7. The molecule has 2 saturated heterocycles. The third-order valence-electron chi connectivity index (χ3n) is 16.1. The van der Waals surface area contributed by atoms with Gasteiger partial charge in [0.1, 0.15) is 48.3 Å². The van der Waals surface area contributed by atoms with Crippen LogP contribution < -0.4 is 16.0 Å². The van der Waals surface area contributed by atoms with Crippen LogP contribution in [0.3, 0.4) is 0 Å². The van der Waals surface area contributed by atoms with Crippen molar-refractivity contribution in [3.63, 3.8) is 0 Å². The average molecular weight is 1200 g/mol. The van der Waals surface area contributed by atoms with Crippen molar-refractivity contribution in [3.8, 4) is 0 Å². The van der Waals surface area contributed by atoms with Gasteiger partial charge in [-0.15, -0.1) is 0 Å². The van der Waals surface area contributed by atoms with E-state index in [1.165, 1.54) is 77.9 Å². The van der Waals surface area contributed by atoms with Gasteiger partial charge in [-0.25, -0.2) is 0 Å². The molecule has 1 aromatic rings. The van der Waals surface area contributed by atoms with Crippen LogP contribution in [0.25, 0.3) is 0 Å². The molecular formula is C61H101N11O13. The maximum Gasteiger partial charge on any atom is 0.248 e. The molecule has 10 atom stereocenters. The molecule has 0 spiro atoms. The quantitative estimate of drug-likeness (QED) is 0.231. The van der Waals surface area contributed by atoms with Gasteiger partial charge in [0.25, 0.3) is 0 Å². The molecular weight excluding hydrogens is 1090 g/mol. The van der Waals surface area contributed by atoms with E-state index in [-0.39, 0.29) is 37.7 Å². The summed E-state index contributed by atoms with van der Waals surface area (Å²) in [5.41, 5.74) is -0.156. The zero-order valence-corrected chi connectivity index (χ0v) is 53.9. The number of carbonyl (C=O) groups excluding carboxylic acids is 11. The van der Waals surface area contributed by atoms with E-state index in [1.54, 1.807) is 62.9 Å². The molecule has 0 saturated carbocycles. The topological polar surface area (TPSA) is 279 Å². The summed E-state index contributed by atoms with van der Waals surface area (Å²) >= 11 is 0. The van der Waals surface area contributed by atoms with Gasteiger partial charge in [-0.05, 0) is 90.0 Å². The molecule has 2 aliphatic heterocycles. The van der Waals surface area contributed by atoms with Crippen molar-refractivity contribution in [1.82, 2.24) is 55.1 Å². The highest BCUT2D eigenvalue weighted by Gasteiger charge is 2.44. The largest absolute Gasteiger partial charge is 0.391 e. The Morgan fingerprint density at radius 3 is 1.72 bits per heavy atom. The normalized spacial score (nSPS) is 25.8. The van der Waals surface area contributed by atoms with Gasteiger partial charge < -0.3 is 65.0 Å². The van der Waals surface area contributed by atoms with Crippen LogP contribution in [0, 0.1) is 17.8 Å². The van der Waals surface area contributed by atoms with Gasteiger partial charge >= 0.3 is 0 Å². The standard InChI is InChI=1S/C61H101N11O13/c1-19-39(6)52-60(84)67(14)40(7)53(77)63-43(56(80)72-28-24-21-25-29-72)33-49(75)65(12)34-48(74)62-44(36-85-61(9,10)11)55(79)66(13)35-50(76)68(15)45(30-37(2)3)54(78)64-51(41(8)73)59(83)70(17)47(32-42-26-22-20-23-27-42)57(81)69(16)46(31-38(4)5)58(82)71(52)18/h20,22-23,26-27,37-41,43-47,51-52,73H,19,21,24-25,28-36H2,1-18H3,(H,62,74)(H,63,77)(H,64,78)/t39-,40-,41+,43-,44-,45-,46-,47-,51-,52-/m0/s1. The fourth-order valence-electron chi connectivity index (χ4n) is 10.4. The second-order valence-electron chi connectivity index (χ2n) is 25.2. The van der Waals surface area contributed by atoms with Gasteiger partial charge in [-0.3, -0.25) is 52.7 Å². The summed E-state index contributed by atoms with van der Waals surface area (Å²) in [6, 6.07) is -1.87. The molecule has 2 aliphatic rings. The Morgan fingerprint density at radius 1 is 0.624 bits per heavy atom. The van der Waals surface area contributed by atoms with E-state index in [4.69, 9.17) is 4.74 Å². The number of aliphatic hydroxyl groups is 1. The molecule has 0 aliphatic carbocycles. The SMILES string of the molecule is CC[C@H](C)[C@H]1C(=O)N(C)[C@@H](C)C(=O)N[C@H](C(=O)N2CCCCC2)CC(=O)N(C)CC(=O)N[C@@H](COC(C)(C)C)C(=O)N(C)CC(=O)N(C)[C@@H](CC(C)C)C(=O)N[C@@H]([C@@H](C)O)C(=O)N(C)[C@@H](Cc2ccccc2)C(=O)N(C)[C@@H](CC(C)C)C(=O)N1C. The monoisotopic (exact) mass is 1200 g/mol. The van der Waals surface area contributed by atoms with Gasteiger partial charge in [-0.1, -0.05) is 78.3 Å². The predicted octanol–water partition coefficient (Wildman–Crippen LogP) is 1.51. The Bertz CT molecular complexity index is 2480. The molecule has 24 nitrogen and oxygen atoms in total. The first-order valence-electron chi connectivity index (χ1n) is 29.9. The van der Waals surface area contributed by atoms with E-state index in [0.717, 1.165) is 26.0 Å². The molecule has 24 heteroatoms. The van der Waals surface area contributed by atoms with Crippen molar-refractivity contribution in [2.24, 2.45) is 17.8 Å². The lowest BCUT2D eigenvalue weighted by Crippen LogP contribution is -2.62. The van der Waals surface area contributed by atoms with Crippen LogP contribution in [0.2, 0.25) is 0 Å². The molecule has 0 bridgehead atoms. The van der Waals surface area contributed by atoms with Crippen molar-refractivity contribution in [1.29, 1.82) is 0 Å². The summed E-state index contributed by atoms with van der Waals surface area (Å²) in [5, 5.41) is 19.3. The Morgan fingerprint density at radius 2 is 1.18 bits per heavy atom. The van der Waals surface area contributed by atoms with Gasteiger partial charge in [0, 0.05) is 68.8 Å². The lowest BCUT2D eigenvalue weighted by molar-refractivity contribution is -0.156. The van der Waals surface area contributed by atoms with E-state index in [9.17, 15) is 48.3 Å². The molecule has 4 N–H and O–H groups in total. The van der Waals surface area contributed by atoms with Crippen LogP contribution in [0.1, 0.15) is 127 Å². The Hall–Kier alpha value is -6.69. The Kier molecular flexibility index (Phi) is 27.9. The van der Waals surface area contributed by atoms with Crippen LogP contribution in [-0.2, 0) is 63.9 Å². The number of hydrogen-bond acceptors (Lipinski definition) is 13. The first kappa shape index (κ1) is 72.6. The number of rotatable bonds is 12. The van der Waals surface area contributed by atoms with E-state index < -0.39 is 150 Å². The molecule has 1 aromatic carbocycles. The molecule has 2 heterocycles. The molecule has 0 aromatic heterocycles. The van der Waals surface area contributed by atoms with Gasteiger partial charge in [0.15, 0.2) is 0 Å². The van der Waals surface area contributed by atoms with Gasteiger partial charge in [-0.2, -0.15) is 0 Å². The number of likely N-dealkylation sites (N-methyl/N-ethyl adjacent to an activating group) is 7. The van der Waals surface area contributed by atoms with Gasteiger partial charge in [0.05, 0.1) is 37.8 Å². The highest BCUT2D eigenvalue weighted by molar-refractivity contribution is 5.99. The van der Waals surface area contributed by atoms with Crippen LogP contribution in [-0.4, -0.2) is 251 Å². The number of hydrogen-bond donors (Lipinski definition) is 4. The fourth-order valence-corrected chi connectivity index (χ4v) is 10.4. The minimum absolute atomic E-state index is 0.0639. The summed E-state index contributed by atoms with van der Waals surface area (Å²) < 4.78 is 5.95. The first-order valence-corrected chi connectivity index (χ1v) is 29.9. The van der Waals surface area contributed by atoms with Crippen LogP contribution >= 0.6 is 0 Å². The number of amides is 11. The number of piperidine rings is 1. The van der Waals surface area contributed by atoms with Crippen LogP contribution in [0.15, 0.2) is 30.3 Å². The number of nitrogens with zero attached hydrogens (tertiary/aromatic N) is 8. The molecule has 0 unspecified atom stereocenters. The van der Waals surface area contributed by atoms with E-state index in [2.05, 4.69) is 16.0 Å². The predicted molar refractivity (Wildman–Crippen MR) is 320 cm³/mol. The lowest BCUT2D eigenvalue weighted by Gasteiger charge is -2.41. The van der Waals surface area contributed by atoms with Crippen LogP contribution in [0.4, 0.5) is 0 Å². The summed E-state index contributed by atoms with van der Waals surface area (Å²) in [5.74, 6) is -8.74. The number of carbonyl (C=O) groups is 11. The molecule has 0 radical (unpaired) electrons. The molecule has 85 heavy (non-hydrogen) atoms. The number of benzene rings is 1. The van der Waals surface area contributed by atoms with Gasteiger partial charge in [0.2, 0.25) is 65.0 Å². The first-order chi connectivity index (χ1) is 39.5. The highest BCUT2D eigenvalue weighted by Crippen LogP contribution is 2.24.